The third-order valence-electron chi connectivity index (χ3n) is 2.18. The molecule has 0 aliphatic carbocycles. The minimum absolute atomic E-state index is 0.524. The monoisotopic (exact) mass is 156 g/mol. The molecule has 0 bridgehead atoms. The molecule has 0 nitrogen and oxygen atoms in total. The average Bonchev–Trinajstić information content (AvgIpc) is 1.84. The van der Waals surface area contributed by atoms with Crippen LogP contribution in [0.4, 0.5) is 0 Å². The molecule has 0 spiro atoms. The van der Waals surface area contributed by atoms with E-state index in [1.54, 1.807) is 0 Å². The Balaban J connectivity index is 3.68. The van der Waals surface area contributed by atoms with Crippen LogP contribution in [-0.2, 0) is 0 Å². The topological polar surface area (TPSA) is 0 Å². The quantitative estimate of drug-likeness (QED) is 0.571. The van der Waals surface area contributed by atoms with Crippen molar-refractivity contribution >= 4 is 0 Å². The third-order valence-corrected chi connectivity index (χ3v) is 2.18. The molecule has 0 heterocycles. The third kappa shape index (κ3) is 6.40. The minimum atomic E-state index is 0.524. The molecule has 0 aromatic heterocycles. The van der Waals surface area contributed by atoms with Gasteiger partial charge in [0.1, 0.15) is 0 Å². The van der Waals surface area contributed by atoms with Crippen LogP contribution in [0.25, 0.3) is 0 Å². The van der Waals surface area contributed by atoms with Crippen molar-refractivity contribution in [2.45, 2.75) is 60.3 Å². The highest BCUT2D eigenvalue weighted by Gasteiger charge is 2.16. The molecule has 0 amide bonds. The summed E-state index contributed by atoms with van der Waals surface area (Å²) >= 11 is 0. The lowest BCUT2D eigenvalue weighted by Gasteiger charge is -2.24. The molecule has 0 saturated carbocycles. The van der Waals surface area contributed by atoms with Crippen LogP contribution in [0.1, 0.15) is 60.3 Å². The molecular weight excluding hydrogens is 132 g/mol. The Morgan fingerprint density at radius 2 is 1.64 bits per heavy atom. The maximum atomic E-state index is 2.34. The van der Waals surface area contributed by atoms with Crippen molar-refractivity contribution in [3.63, 3.8) is 0 Å². The van der Waals surface area contributed by atoms with E-state index in [0.29, 0.717) is 5.41 Å². The zero-order valence-corrected chi connectivity index (χ0v) is 8.91. The molecule has 1 atom stereocenters. The SMILES string of the molecule is CCC[C@H](CC)CC(C)(C)C. The summed E-state index contributed by atoms with van der Waals surface area (Å²) in [7, 11) is 0. The Hall–Kier alpha value is 0. The van der Waals surface area contributed by atoms with Crippen molar-refractivity contribution in [3.05, 3.63) is 0 Å². The van der Waals surface area contributed by atoms with Crippen LogP contribution in [0.2, 0.25) is 0 Å². The second-order valence-electron chi connectivity index (χ2n) is 4.83. The van der Waals surface area contributed by atoms with E-state index in [-0.39, 0.29) is 0 Å². The first-order valence-electron chi connectivity index (χ1n) is 4.99. The van der Waals surface area contributed by atoms with E-state index in [9.17, 15) is 0 Å². The molecule has 0 saturated heterocycles. The van der Waals surface area contributed by atoms with Crippen LogP contribution in [0.5, 0.6) is 0 Å². The van der Waals surface area contributed by atoms with Gasteiger partial charge in [-0.15, -0.1) is 0 Å². The van der Waals surface area contributed by atoms with Crippen LogP contribution in [0.15, 0.2) is 0 Å². The molecule has 0 aromatic rings. The van der Waals surface area contributed by atoms with Gasteiger partial charge in [-0.2, -0.15) is 0 Å². The van der Waals surface area contributed by atoms with E-state index >= 15 is 0 Å². The summed E-state index contributed by atoms with van der Waals surface area (Å²) in [6, 6.07) is 0. The van der Waals surface area contributed by atoms with Gasteiger partial charge in [0.25, 0.3) is 0 Å². The summed E-state index contributed by atoms with van der Waals surface area (Å²) in [5.74, 6) is 0.958. The lowest BCUT2D eigenvalue weighted by molar-refractivity contribution is 0.275. The van der Waals surface area contributed by atoms with E-state index in [0.717, 1.165) is 5.92 Å². The van der Waals surface area contributed by atoms with Crippen molar-refractivity contribution < 1.29 is 0 Å². The second-order valence-corrected chi connectivity index (χ2v) is 4.83. The van der Waals surface area contributed by atoms with Crippen molar-refractivity contribution in [2.24, 2.45) is 11.3 Å². The average molecular weight is 156 g/mol. The minimum Gasteiger partial charge on any atom is -0.0654 e. The van der Waals surface area contributed by atoms with Crippen LogP contribution >= 0.6 is 0 Å². The fourth-order valence-corrected chi connectivity index (χ4v) is 1.72. The van der Waals surface area contributed by atoms with E-state index in [1.807, 2.05) is 0 Å². The fraction of sp³-hybridized carbons (Fsp3) is 1.00. The largest absolute Gasteiger partial charge is 0.0654 e. The molecule has 0 aliphatic rings. The summed E-state index contributed by atoms with van der Waals surface area (Å²) in [5.41, 5.74) is 0.524. The first-order chi connectivity index (χ1) is 4.99. The van der Waals surface area contributed by atoms with Gasteiger partial charge in [-0.3, -0.25) is 0 Å². The first kappa shape index (κ1) is 11.0. The lowest BCUT2D eigenvalue weighted by Crippen LogP contribution is -2.12. The van der Waals surface area contributed by atoms with Gasteiger partial charge in [-0.1, -0.05) is 53.9 Å². The number of hydrogen-bond donors (Lipinski definition) is 0. The lowest BCUT2D eigenvalue weighted by atomic mass is 9.82. The normalized spacial score (nSPS) is 15.0. The molecule has 0 aromatic carbocycles. The standard InChI is InChI=1S/C11H24/c1-6-8-10(7-2)9-11(3,4)5/h10H,6-9H2,1-5H3/t10-/m0/s1. The summed E-state index contributed by atoms with van der Waals surface area (Å²) in [5, 5.41) is 0. The Labute approximate surface area is 72.4 Å². The van der Waals surface area contributed by atoms with Gasteiger partial charge >= 0.3 is 0 Å². The predicted octanol–water partition coefficient (Wildman–Crippen LogP) is 4.25. The molecular formula is C11H24. The van der Waals surface area contributed by atoms with Gasteiger partial charge in [-0.25, -0.2) is 0 Å². The fourth-order valence-electron chi connectivity index (χ4n) is 1.72. The predicted molar refractivity (Wildman–Crippen MR) is 52.8 cm³/mol. The summed E-state index contributed by atoms with van der Waals surface area (Å²) in [4.78, 5) is 0. The molecule has 0 fully saturated rings. The van der Waals surface area contributed by atoms with Crippen LogP contribution in [0.3, 0.4) is 0 Å². The molecule has 0 radical (unpaired) electrons. The van der Waals surface area contributed by atoms with Gasteiger partial charge in [0, 0.05) is 0 Å². The number of rotatable bonds is 4. The summed E-state index contributed by atoms with van der Waals surface area (Å²) in [6.07, 6.45) is 5.49. The maximum Gasteiger partial charge on any atom is -0.0380 e. The van der Waals surface area contributed by atoms with Crippen LogP contribution in [-0.4, -0.2) is 0 Å². The Kier molecular flexibility index (Phi) is 4.79. The Morgan fingerprint density at radius 1 is 1.09 bits per heavy atom. The highest BCUT2D eigenvalue weighted by Crippen LogP contribution is 2.28. The van der Waals surface area contributed by atoms with Gasteiger partial charge < -0.3 is 0 Å². The zero-order chi connectivity index (χ0) is 8.91. The van der Waals surface area contributed by atoms with E-state index in [1.165, 1.54) is 25.7 Å². The summed E-state index contributed by atoms with van der Waals surface area (Å²) in [6.45, 7) is 11.6. The highest BCUT2D eigenvalue weighted by molar-refractivity contribution is 4.67. The second kappa shape index (κ2) is 4.79. The summed E-state index contributed by atoms with van der Waals surface area (Å²) < 4.78 is 0. The van der Waals surface area contributed by atoms with Crippen molar-refractivity contribution in [2.75, 3.05) is 0 Å². The Bertz CT molecular complexity index is 86.7. The molecule has 11 heavy (non-hydrogen) atoms. The molecule has 68 valence electrons. The smallest absolute Gasteiger partial charge is 0.0380 e. The first-order valence-corrected chi connectivity index (χ1v) is 4.99. The number of hydrogen-bond acceptors (Lipinski definition) is 0. The van der Waals surface area contributed by atoms with Crippen LogP contribution in [0, 0.1) is 11.3 Å². The maximum absolute atomic E-state index is 2.34. The van der Waals surface area contributed by atoms with Crippen molar-refractivity contribution in [1.29, 1.82) is 0 Å². The highest BCUT2D eigenvalue weighted by atomic mass is 14.2. The molecule has 0 unspecified atom stereocenters. The van der Waals surface area contributed by atoms with E-state index < -0.39 is 0 Å². The Morgan fingerprint density at radius 3 is 1.91 bits per heavy atom. The van der Waals surface area contributed by atoms with E-state index in [4.69, 9.17) is 0 Å². The zero-order valence-electron chi connectivity index (χ0n) is 8.91. The van der Waals surface area contributed by atoms with Gasteiger partial charge in [0.15, 0.2) is 0 Å². The van der Waals surface area contributed by atoms with E-state index in [2.05, 4.69) is 34.6 Å². The van der Waals surface area contributed by atoms with Crippen LogP contribution < -0.4 is 0 Å². The molecule has 0 N–H and O–H groups in total. The van der Waals surface area contributed by atoms with Crippen molar-refractivity contribution in [1.82, 2.24) is 0 Å². The van der Waals surface area contributed by atoms with Gasteiger partial charge in [-0.05, 0) is 17.8 Å². The molecule has 0 aliphatic heterocycles. The molecule has 0 heteroatoms. The van der Waals surface area contributed by atoms with Crippen molar-refractivity contribution in [3.8, 4) is 0 Å². The van der Waals surface area contributed by atoms with Gasteiger partial charge in [0.2, 0.25) is 0 Å². The van der Waals surface area contributed by atoms with Gasteiger partial charge in [0.05, 0.1) is 0 Å². The molecule has 0 rings (SSSR count).